The van der Waals surface area contributed by atoms with Crippen LogP contribution in [0.25, 0.3) is 21.3 Å². The van der Waals surface area contributed by atoms with Gasteiger partial charge in [0.05, 0.1) is 4.88 Å². The number of aromatic nitrogens is 1. The summed E-state index contributed by atoms with van der Waals surface area (Å²) in [7, 11) is -4.64. The van der Waals surface area contributed by atoms with E-state index in [0.717, 1.165) is 22.4 Å². The number of rotatable bonds is 11. The molecule has 5 aromatic rings. The zero-order valence-electron chi connectivity index (χ0n) is 22.3. The highest BCUT2D eigenvalue weighted by atomic mass is 32.2. The molecule has 218 valence electrons. The van der Waals surface area contributed by atoms with Gasteiger partial charge >= 0.3 is 16.1 Å². The fourth-order valence-corrected chi connectivity index (χ4v) is 7.95. The van der Waals surface area contributed by atoms with E-state index in [2.05, 4.69) is 9.88 Å². The summed E-state index contributed by atoms with van der Waals surface area (Å²) in [4.78, 5) is 14.4. The number of hydrogen-bond acceptors (Lipinski definition) is 10. The third-order valence-corrected chi connectivity index (χ3v) is 10.7. The lowest BCUT2D eigenvalue weighted by Gasteiger charge is -2.17. The Bertz CT molecular complexity index is 1950. The fraction of sp³-hybridized carbons (Fsp3) is 0.143. The van der Waals surface area contributed by atoms with Gasteiger partial charge < -0.3 is 18.7 Å². The SMILES string of the molecule is CN(C)c1cccc2c(S(=O)(=O)Oc3ccc(C[C@H](NS(=O)(=O)c4ccc(-c5ccon5)s4)C(=O)O)cc3)cccc12. The number of carboxylic acid groups (broad SMARTS) is 1. The number of carboxylic acids is 1. The summed E-state index contributed by atoms with van der Waals surface area (Å²) in [5.41, 5.74) is 1.76. The molecule has 0 amide bonds. The van der Waals surface area contributed by atoms with Crippen molar-refractivity contribution in [1.29, 1.82) is 0 Å². The molecule has 0 bridgehead atoms. The third-order valence-electron chi connectivity index (χ3n) is 6.31. The highest BCUT2D eigenvalue weighted by Crippen LogP contribution is 2.32. The number of thiophene rings is 1. The van der Waals surface area contributed by atoms with Crippen LogP contribution in [0.3, 0.4) is 0 Å². The maximum Gasteiger partial charge on any atom is 0.339 e. The fourth-order valence-electron chi connectivity index (χ4n) is 4.33. The first kappa shape index (κ1) is 29.3. The molecule has 0 unspecified atom stereocenters. The summed E-state index contributed by atoms with van der Waals surface area (Å²) in [5.74, 6) is -1.35. The molecular formula is C28H25N3O8S3. The second kappa shape index (κ2) is 11.6. The van der Waals surface area contributed by atoms with E-state index >= 15 is 0 Å². The molecule has 14 heteroatoms. The van der Waals surface area contributed by atoms with Crippen molar-refractivity contribution in [3.63, 3.8) is 0 Å². The lowest BCUT2D eigenvalue weighted by molar-refractivity contribution is -0.138. The molecule has 5 rings (SSSR count). The number of nitrogens with one attached hydrogen (secondary N) is 1. The first-order valence-electron chi connectivity index (χ1n) is 12.4. The zero-order valence-corrected chi connectivity index (χ0v) is 24.7. The maximum atomic E-state index is 13.2. The van der Waals surface area contributed by atoms with Gasteiger partial charge in [-0.25, -0.2) is 8.42 Å². The lowest BCUT2D eigenvalue weighted by atomic mass is 10.1. The number of hydrogen-bond donors (Lipinski definition) is 2. The van der Waals surface area contributed by atoms with Crippen molar-refractivity contribution in [3.8, 4) is 16.3 Å². The van der Waals surface area contributed by atoms with Gasteiger partial charge in [0.25, 0.3) is 10.0 Å². The van der Waals surface area contributed by atoms with Crippen molar-refractivity contribution in [2.75, 3.05) is 19.0 Å². The molecule has 1 atom stereocenters. The monoisotopic (exact) mass is 627 g/mol. The molecule has 2 heterocycles. The van der Waals surface area contributed by atoms with Gasteiger partial charge in [-0.15, -0.1) is 11.3 Å². The highest BCUT2D eigenvalue weighted by molar-refractivity contribution is 7.91. The summed E-state index contributed by atoms with van der Waals surface area (Å²) in [5, 5.41) is 14.8. The topological polar surface area (TPSA) is 156 Å². The summed E-state index contributed by atoms with van der Waals surface area (Å²) in [6.07, 6.45) is 1.16. The van der Waals surface area contributed by atoms with Crippen molar-refractivity contribution >= 4 is 53.9 Å². The molecule has 2 aromatic heterocycles. The van der Waals surface area contributed by atoms with Crippen LogP contribution < -0.4 is 13.8 Å². The van der Waals surface area contributed by atoms with Gasteiger partial charge in [0, 0.05) is 36.6 Å². The largest absolute Gasteiger partial charge is 0.480 e. The Labute approximate surface area is 246 Å². The standard InChI is InChI=1S/C28H25N3O8S3/c1-31(2)24-7-3-6-21-20(24)5-4-8-26(21)42(36,37)39-19-11-9-18(10-12-19)17-23(28(32)33)30-41(34,35)27-14-13-25(40-27)22-15-16-38-29-22/h3-16,23,30H,17H2,1-2H3,(H,32,33)/t23-/m0/s1. The van der Waals surface area contributed by atoms with Crippen LogP contribution in [-0.2, 0) is 31.4 Å². The molecule has 0 aliphatic carbocycles. The van der Waals surface area contributed by atoms with Gasteiger partial charge in [-0.3, -0.25) is 4.79 Å². The molecule has 0 aliphatic heterocycles. The summed E-state index contributed by atoms with van der Waals surface area (Å²) >= 11 is 0.924. The normalized spacial score (nSPS) is 12.7. The molecule has 0 fully saturated rings. The number of sulfonamides is 1. The molecular weight excluding hydrogens is 603 g/mol. The van der Waals surface area contributed by atoms with Crippen LogP contribution >= 0.6 is 11.3 Å². The minimum atomic E-state index is -4.21. The summed E-state index contributed by atoms with van der Waals surface area (Å²) < 4.78 is 64.6. The van der Waals surface area contributed by atoms with Crippen LogP contribution in [0.15, 0.2) is 98.8 Å². The predicted octanol–water partition coefficient (Wildman–Crippen LogP) is 4.36. The maximum absolute atomic E-state index is 13.2. The Morgan fingerprint density at radius 3 is 2.36 bits per heavy atom. The van der Waals surface area contributed by atoms with Crippen molar-refractivity contribution in [1.82, 2.24) is 9.88 Å². The van der Waals surface area contributed by atoms with E-state index in [-0.39, 0.29) is 21.3 Å². The molecule has 2 N–H and O–H groups in total. The average Bonchev–Trinajstić information content (AvgIpc) is 3.66. The van der Waals surface area contributed by atoms with Gasteiger partial charge in [-0.1, -0.05) is 41.6 Å². The van der Waals surface area contributed by atoms with E-state index in [1.54, 1.807) is 30.3 Å². The number of anilines is 1. The lowest BCUT2D eigenvalue weighted by Crippen LogP contribution is -2.42. The number of carbonyl (C=O) groups is 1. The molecule has 0 spiro atoms. The van der Waals surface area contributed by atoms with Crippen molar-refractivity contribution < 1.29 is 35.4 Å². The number of nitrogens with zero attached hydrogens (tertiary/aromatic N) is 2. The molecule has 0 aliphatic rings. The minimum absolute atomic E-state index is 0.00779. The zero-order chi connectivity index (χ0) is 30.1. The second-order valence-corrected chi connectivity index (χ2v) is 14.0. The second-order valence-electron chi connectivity index (χ2n) is 9.42. The number of fused-ring (bicyclic) bond motifs is 1. The summed E-state index contributed by atoms with van der Waals surface area (Å²) in [6, 6.07) is 19.1. The van der Waals surface area contributed by atoms with Gasteiger partial charge in [0.2, 0.25) is 0 Å². The smallest absolute Gasteiger partial charge is 0.339 e. The Morgan fingerprint density at radius 2 is 1.69 bits per heavy atom. The number of aliphatic carboxylic acids is 1. The third kappa shape index (κ3) is 6.16. The van der Waals surface area contributed by atoms with Crippen LogP contribution in [0, 0.1) is 0 Å². The predicted molar refractivity (Wildman–Crippen MR) is 158 cm³/mol. The first-order chi connectivity index (χ1) is 19.9. The van der Waals surface area contributed by atoms with Crippen LogP contribution in [0.4, 0.5) is 5.69 Å². The van der Waals surface area contributed by atoms with Crippen molar-refractivity contribution in [2.45, 2.75) is 21.6 Å². The van der Waals surface area contributed by atoms with Crippen LogP contribution in [-0.4, -0.2) is 53.2 Å². The van der Waals surface area contributed by atoms with Crippen molar-refractivity contribution in [2.24, 2.45) is 0 Å². The quantitative estimate of drug-likeness (QED) is 0.202. The van der Waals surface area contributed by atoms with E-state index in [4.69, 9.17) is 8.71 Å². The molecule has 42 heavy (non-hydrogen) atoms. The minimum Gasteiger partial charge on any atom is -0.480 e. The van der Waals surface area contributed by atoms with Crippen LogP contribution in [0.5, 0.6) is 5.75 Å². The van der Waals surface area contributed by atoms with Gasteiger partial charge in [-0.05, 0) is 48.4 Å². The van der Waals surface area contributed by atoms with E-state index < -0.39 is 32.2 Å². The molecule has 3 aromatic carbocycles. The summed E-state index contributed by atoms with van der Waals surface area (Å²) in [6.45, 7) is 0. The molecule has 0 radical (unpaired) electrons. The Hall–Kier alpha value is -4.24. The Balaban J connectivity index is 1.31. The molecule has 0 saturated heterocycles. The van der Waals surface area contributed by atoms with E-state index in [1.165, 1.54) is 42.7 Å². The van der Waals surface area contributed by atoms with Crippen LogP contribution in [0.1, 0.15) is 5.56 Å². The van der Waals surface area contributed by atoms with E-state index in [9.17, 15) is 26.7 Å². The first-order valence-corrected chi connectivity index (χ1v) is 16.1. The van der Waals surface area contributed by atoms with E-state index in [1.807, 2.05) is 31.1 Å². The van der Waals surface area contributed by atoms with Crippen molar-refractivity contribution in [3.05, 3.63) is 90.7 Å². The van der Waals surface area contributed by atoms with Crippen LogP contribution in [0.2, 0.25) is 0 Å². The Kier molecular flexibility index (Phi) is 8.06. The van der Waals surface area contributed by atoms with Gasteiger partial charge in [-0.2, -0.15) is 13.1 Å². The van der Waals surface area contributed by atoms with Gasteiger partial charge in [0.15, 0.2) is 0 Å². The Morgan fingerprint density at radius 1 is 0.976 bits per heavy atom. The van der Waals surface area contributed by atoms with E-state index in [0.29, 0.717) is 21.5 Å². The molecule has 0 saturated carbocycles. The molecule has 11 nitrogen and oxygen atoms in total. The van der Waals surface area contributed by atoms with Gasteiger partial charge in [0.1, 0.15) is 32.9 Å². The average molecular weight is 628 g/mol. The highest BCUT2D eigenvalue weighted by Gasteiger charge is 2.27. The number of benzene rings is 3.